The molecule has 0 rings (SSSR count). The van der Waals surface area contributed by atoms with Crippen molar-refractivity contribution in [3.8, 4) is 0 Å². The molecule has 81 heavy (non-hydrogen) atoms. The highest BCUT2D eigenvalue weighted by Crippen LogP contribution is 2.15. The third-order valence-corrected chi connectivity index (χ3v) is 13.8. The second kappa shape index (κ2) is 67.8. The molecule has 0 aliphatic heterocycles. The van der Waals surface area contributed by atoms with Crippen LogP contribution in [0.3, 0.4) is 0 Å². The number of carbonyl (C=O) groups is 3. The minimum atomic E-state index is -0.801. The molecule has 0 amide bonds. The van der Waals surface area contributed by atoms with Crippen LogP contribution in [0.25, 0.3) is 0 Å². The van der Waals surface area contributed by atoms with Crippen LogP contribution in [0.5, 0.6) is 0 Å². The van der Waals surface area contributed by atoms with Gasteiger partial charge >= 0.3 is 17.9 Å². The average Bonchev–Trinajstić information content (AvgIpc) is 3.47. The predicted octanol–water partition coefficient (Wildman–Crippen LogP) is 23.1. The third-order valence-electron chi connectivity index (χ3n) is 13.8. The van der Waals surface area contributed by atoms with Crippen molar-refractivity contribution in [2.24, 2.45) is 0 Å². The first-order valence-electron chi connectivity index (χ1n) is 33.3. The average molecular weight is 1120 g/mol. The fraction of sp³-hybridized carbons (Fsp3) is 0.640. The summed E-state index contributed by atoms with van der Waals surface area (Å²) >= 11 is 0. The van der Waals surface area contributed by atoms with E-state index >= 15 is 0 Å². The Morgan fingerprint density at radius 3 is 0.765 bits per heavy atom. The summed E-state index contributed by atoms with van der Waals surface area (Å²) in [5.74, 6) is -0.929. The first-order valence-corrected chi connectivity index (χ1v) is 33.3. The van der Waals surface area contributed by atoms with E-state index in [9.17, 15) is 14.4 Å². The molecular weight excluding hydrogens is 997 g/mol. The van der Waals surface area contributed by atoms with Crippen molar-refractivity contribution in [2.45, 2.75) is 297 Å². The highest BCUT2D eigenvalue weighted by molar-refractivity contribution is 5.71. The molecule has 0 aromatic carbocycles. The van der Waals surface area contributed by atoms with E-state index in [0.29, 0.717) is 19.3 Å². The highest BCUT2D eigenvalue weighted by Gasteiger charge is 2.19. The molecule has 0 radical (unpaired) electrons. The summed E-state index contributed by atoms with van der Waals surface area (Å²) in [5.41, 5.74) is 0. The van der Waals surface area contributed by atoms with E-state index in [0.717, 1.165) is 161 Å². The number of carbonyl (C=O) groups excluding carboxylic acids is 3. The number of unbranched alkanes of at least 4 members (excludes halogenated alkanes) is 24. The minimum Gasteiger partial charge on any atom is -0.462 e. The van der Waals surface area contributed by atoms with Gasteiger partial charge in [0.15, 0.2) is 6.10 Å². The Labute approximate surface area is 499 Å². The molecule has 0 fully saturated rings. The van der Waals surface area contributed by atoms with Gasteiger partial charge in [-0.15, -0.1) is 0 Å². The second-order valence-electron chi connectivity index (χ2n) is 21.6. The second-order valence-corrected chi connectivity index (χ2v) is 21.6. The minimum absolute atomic E-state index is 0.0972. The van der Waals surface area contributed by atoms with Crippen molar-refractivity contribution in [1.29, 1.82) is 0 Å². The van der Waals surface area contributed by atoms with Crippen molar-refractivity contribution >= 4 is 17.9 Å². The largest absolute Gasteiger partial charge is 0.462 e. The molecule has 0 aromatic heterocycles. The molecule has 458 valence electrons. The summed E-state index contributed by atoms with van der Waals surface area (Å²) in [6.07, 6.45) is 97.1. The monoisotopic (exact) mass is 1120 g/mol. The van der Waals surface area contributed by atoms with Crippen LogP contribution in [0.4, 0.5) is 0 Å². The standard InChI is InChI=1S/C75H122O6/c1-4-7-10-13-16-19-22-25-28-30-31-32-33-34-35-36-37-38-39-40-41-42-43-45-47-50-53-56-59-62-65-68-74(77)80-71-72(70-79-73(76)67-64-61-58-55-52-49-46-27-24-21-18-15-12-9-6-3)81-75(78)69-66-63-60-57-54-51-48-44-29-26-23-20-17-14-11-8-5-2/h7,9-10,12,16,18-19,21,25-29,31-32,34-35,37-38,40-41,43,45-46,72H,4-6,8,11,13-15,17,20,22-24,30,33,36,39,42,44,47-71H2,1-3H3/b10-7-,12-9-,19-16-,21-18-,28-25-,29-26-,32-31-,35-34-,38-37-,41-40-,45-43-,46-27-. The molecule has 1 atom stereocenters. The lowest BCUT2D eigenvalue weighted by molar-refractivity contribution is -0.167. The summed E-state index contributed by atoms with van der Waals surface area (Å²) < 4.78 is 16.9. The van der Waals surface area contributed by atoms with E-state index in [1.165, 1.54) is 89.9 Å². The van der Waals surface area contributed by atoms with E-state index in [2.05, 4.69) is 167 Å². The van der Waals surface area contributed by atoms with E-state index in [-0.39, 0.29) is 31.1 Å². The first-order chi connectivity index (χ1) is 40.0. The summed E-state index contributed by atoms with van der Waals surface area (Å²) in [6.45, 7) is 6.39. The van der Waals surface area contributed by atoms with Crippen LogP contribution in [-0.4, -0.2) is 37.2 Å². The Hall–Kier alpha value is -4.71. The SMILES string of the molecule is CC/C=C\C/C=C\C/C=C\C/C=C\C/C=C\C/C=C\C/C=C\C/C=C\CCCCCCCCC(=O)OCC(COC(=O)CCCCCCC/C=C\C/C=C\C/C=C\CC)OC(=O)CCCCCCCCC/C=C\CCCCCCCC. The number of esters is 3. The van der Waals surface area contributed by atoms with Gasteiger partial charge < -0.3 is 14.2 Å². The van der Waals surface area contributed by atoms with Crippen molar-refractivity contribution in [2.75, 3.05) is 13.2 Å². The van der Waals surface area contributed by atoms with E-state index < -0.39 is 6.10 Å². The maximum atomic E-state index is 12.9. The van der Waals surface area contributed by atoms with Crippen LogP contribution in [0.2, 0.25) is 0 Å². The van der Waals surface area contributed by atoms with Crippen LogP contribution in [0.15, 0.2) is 146 Å². The van der Waals surface area contributed by atoms with Gasteiger partial charge in [-0.05, 0) is 141 Å². The van der Waals surface area contributed by atoms with E-state index in [1.54, 1.807) is 0 Å². The van der Waals surface area contributed by atoms with Gasteiger partial charge in [0.25, 0.3) is 0 Å². The van der Waals surface area contributed by atoms with Gasteiger partial charge in [-0.3, -0.25) is 14.4 Å². The van der Waals surface area contributed by atoms with E-state index in [4.69, 9.17) is 14.2 Å². The topological polar surface area (TPSA) is 78.9 Å². The highest BCUT2D eigenvalue weighted by atomic mass is 16.6. The smallest absolute Gasteiger partial charge is 0.306 e. The van der Waals surface area contributed by atoms with Gasteiger partial charge in [0.1, 0.15) is 13.2 Å². The molecule has 0 saturated carbocycles. The molecule has 0 N–H and O–H groups in total. The molecule has 0 bridgehead atoms. The Morgan fingerprint density at radius 1 is 0.259 bits per heavy atom. The molecule has 0 aliphatic rings. The zero-order valence-corrected chi connectivity index (χ0v) is 52.5. The zero-order valence-electron chi connectivity index (χ0n) is 52.5. The summed E-state index contributed by atoms with van der Waals surface area (Å²) in [5, 5.41) is 0. The Morgan fingerprint density at radius 2 is 0.481 bits per heavy atom. The van der Waals surface area contributed by atoms with Crippen LogP contribution < -0.4 is 0 Å². The molecular formula is C75H122O6. The predicted molar refractivity (Wildman–Crippen MR) is 352 cm³/mol. The molecule has 6 nitrogen and oxygen atoms in total. The normalized spacial score (nSPS) is 13.1. The first kappa shape index (κ1) is 76.3. The van der Waals surface area contributed by atoms with Crippen LogP contribution in [0, 0.1) is 0 Å². The van der Waals surface area contributed by atoms with Crippen LogP contribution in [-0.2, 0) is 28.6 Å². The Balaban J connectivity index is 4.38. The lowest BCUT2D eigenvalue weighted by Gasteiger charge is -2.18. The van der Waals surface area contributed by atoms with Crippen molar-refractivity contribution in [3.05, 3.63) is 146 Å². The summed E-state index contributed by atoms with van der Waals surface area (Å²) in [6, 6.07) is 0. The molecule has 0 aliphatic carbocycles. The van der Waals surface area contributed by atoms with Crippen molar-refractivity contribution in [1.82, 2.24) is 0 Å². The molecule has 0 saturated heterocycles. The number of allylic oxidation sites excluding steroid dienone is 24. The molecule has 1 unspecified atom stereocenters. The van der Waals surface area contributed by atoms with Gasteiger partial charge in [-0.2, -0.15) is 0 Å². The number of hydrogen-bond donors (Lipinski definition) is 0. The lowest BCUT2D eigenvalue weighted by Crippen LogP contribution is -2.30. The van der Waals surface area contributed by atoms with Gasteiger partial charge in [-0.25, -0.2) is 0 Å². The molecule has 6 heteroatoms. The molecule has 0 aromatic rings. The molecule has 0 heterocycles. The van der Waals surface area contributed by atoms with E-state index in [1.807, 2.05) is 0 Å². The number of rotatable bonds is 59. The van der Waals surface area contributed by atoms with Crippen molar-refractivity contribution < 1.29 is 28.6 Å². The van der Waals surface area contributed by atoms with Crippen LogP contribution >= 0.6 is 0 Å². The van der Waals surface area contributed by atoms with Crippen LogP contribution in [0.1, 0.15) is 290 Å². The quantitative estimate of drug-likeness (QED) is 0.0261. The number of ether oxygens (including phenoxy) is 3. The van der Waals surface area contributed by atoms with Crippen molar-refractivity contribution in [3.63, 3.8) is 0 Å². The third kappa shape index (κ3) is 66.0. The summed E-state index contributed by atoms with van der Waals surface area (Å²) in [7, 11) is 0. The van der Waals surface area contributed by atoms with Gasteiger partial charge in [-0.1, -0.05) is 276 Å². The van der Waals surface area contributed by atoms with Gasteiger partial charge in [0, 0.05) is 19.3 Å². The maximum absolute atomic E-state index is 12.9. The Kier molecular flexibility index (Phi) is 63.9. The fourth-order valence-corrected chi connectivity index (χ4v) is 8.88. The zero-order chi connectivity index (χ0) is 58.5. The number of hydrogen-bond acceptors (Lipinski definition) is 6. The summed E-state index contributed by atoms with van der Waals surface area (Å²) in [4.78, 5) is 38.4. The maximum Gasteiger partial charge on any atom is 0.306 e. The lowest BCUT2D eigenvalue weighted by atomic mass is 10.1. The molecule has 0 spiro atoms. The fourth-order valence-electron chi connectivity index (χ4n) is 8.88. The van der Waals surface area contributed by atoms with Gasteiger partial charge in [0.05, 0.1) is 0 Å². The van der Waals surface area contributed by atoms with Gasteiger partial charge in [0.2, 0.25) is 0 Å². The Bertz CT molecular complexity index is 1760.